The minimum absolute atomic E-state index is 0.0857. The maximum absolute atomic E-state index is 12.4. The highest BCUT2D eigenvalue weighted by Crippen LogP contribution is 2.34. The van der Waals surface area contributed by atoms with Crippen molar-refractivity contribution in [2.75, 3.05) is 6.54 Å². The number of nitrogens with one attached hydrogen (secondary N) is 1. The van der Waals surface area contributed by atoms with Crippen LogP contribution in [-0.4, -0.2) is 27.2 Å². The van der Waals surface area contributed by atoms with E-state index >= 15 is 0 Å². The summed E-state index contributed by atoms with van der Waals surface area (Å²) in [4.78, 5) is 16.5. The summed E-state index contributed by atoms with van der Waals surface area (Å²) < 4.78 is 1.48. The number of phenols is 1. The number of rotatable bonds is 4. The van der Waals surface area contributed by atoms with Gasteiger partial charge in [-0.25, -0.2) is 4.98 Å². The van der Waals surface area contributed by atoms with Crippen LogP contribution in [0.15, 0.2) is 17.2 Å². The van der Waals surface area contributed by atoms with Crippen LogP contribution in [0.1, 0.15) is 12.8 Å². The number of halogens is 2. The lowest BCUT2D eigenvalue weighted by atomic mass is 10.2. The van der Waals surface area contributed by atoms with Crippen LogP contribution in [0.3, 0.4) is 0 Å². The van der Waals surface area contributed by atoms with E-state index in [0.29, 0.717) is 19.1 Å². The molecule has 0 amide bonds. The van der Waals surface area contributed by atoms with Crippen molar-refractivity contribution in [2.24, 2.45) is 0 Å². The van der Waals surface area contributed by atoms with Gasteiger partial charge < -0.3 is 10.4 Å². The summed E-state index contributed by atoms with van der Waals surface area (Å²) in [5.41, 5.74) is -0.136. The second kappa shape index (κ2) is 5.24. The van der Waals surface area contributed by atoms with Crippen LogP contribution in [0, 0.1) is 0 Å². The van der Waals surface area contributed by atoms with Crippen molar-refractivity contribution in [1.29, 1.82) is 0 Å². The minimum Gasteiger partial charge on any atom is -0.504 e. The van der Waals surface area contributed by atoms with E-state index in [-0.39, 0.29) is 32.3 Å². The first-order chi connectivity index (χ1) is 9.58. The number of aromatic hydroxyl groups is 1. The average molecular weight is 314 g/mol. The van der Waals surface area contributed by atoms with E-state index in [1.54, 1.807) is 0 Å². The summed E-state index contributed by atoms with van der Waals surface area (Å²) in [7, 11) is 0. The number of hydrogen-bond donors (Lipinski definition) is 2. The summed E-state index contributed by atoms with van der Waals surface area (Å²) in [5.74, 6) is -0.216. The fourth-order valence-electron chi connectivity index (χ4n) is 2.08. The van der Waals surface area contributed by atoms with Gasteiger partial charge >= 0.3 is 0 Å². The first kappa shape index (κ1) is 13.7. The lowest BCUT2D eigenvalue weighted by molar-refractivity contribution is 0.480. The Kier molecular flexibility index (Phi) is 3.58. The number of fused-ring (bicyclic) bond motifs is 1. The molecule has 5 nitrogen and oxygen atoms in total. The second-order valence-corrected chi connectivity index (χ2v) is 5.70. The molecule has 0 bridgehead atoms. The van der Waals surface area contributed by atoms with E-state index in [0.717, 1.165) is 0 Å². The summed E-state index contributed by atoms with van der Waals surface area (Å²) in [6.45, 7) is 1.22. The Bertz CT molecular complexity index is 726. The lowest BCUT2D eigenvalue weighted by Gasteiger charge is -2.09. The predicted octanol–water partition coefficient (Wildman–Crippen LogP) is 2.16. The topological polar surface area (TPSA) is 67.1 Å². The molecule has 0 aliphatic heterocycles. The molecule has 1 aliphatic rings. The molecule has 7 heteroatoms. The van der Waals surface area contributed by atoms with Gasteiger partial charge in [-0.1, -0.05) is 23.2 Å². The Labute approximate surface area is 125 Å². The second-order valence-electron chi connectivity index (χ2n) is 4.88. The molecule has 0 unspecified atom stereocenters. The van der Waals surface area contributed by atoms with Gasteiger partial charge in [0.05, 0.1) is 21.8 Å². The zero-order valence-corrected chi connectivity index (χ0v) is 12.1. The molecule has 0 saturated heterocycles. The molecule has 20 heavy (non-hydrogen) atoms. The van der Waals surface area contributed by atoms with Crippen LogP contribution in [0.25, 0.3) is 10.9 Å². The first-order valence-electron chi connectivity index (χ1n) is 6.37. The molecule has 1 heterocycles. The largest absolute Gasteiger partial charge is 0.504 e. The van der Waals surface area contributed by atoms with Crippen molar-refractivity contribution in [3.63, 3.8) is 0 Å². The predicted molar refractivity (Wildman–Crippen MR) is 78.7 cm³/mol. The molecule has 1 aliphatic carbocycles. The van der Waals surface area contributed by atoms with Crippen molar-refractivity contribution in [3.05, 3.63) is 32.8 Å². The molecular weight excluding hydrogens is 301 g/mol. The maximum Gasteiger partial charge on any atom is 0.262 e. The fourth-order valence-corrected chi connectivity index (χ4v) is 2.62. The molecule has 1 saturated carbocycles. The van der Waals surface area contributed by atoms with Crippen LogP contribution in [-0.2, 0) is 6.54 Å². The molecule has 0 spiro atoms. The summed E-state index contributed by atoms with van der Waals surface area (Å²) in [6.07, 6.45) is 3.80. The molecule has 1 aromatic carbocycles. The standard InChI is InChI=1S/C13H13Cl2N3O2/c14-8-5-9(15)12(19)11-10(8)13(20)18(6-17-11)4-3-16-7-1-2-7/h5-7,16,19H,1-4H2. The zero-order chi connectivity index (χ0) is 14.3. The summed E-state index contributed by atoms with van der Waals surface area (Å²) in [6, 6.07) is 1.95. The van der Waals surface area contributed by atoms with Gasteiger partial charge in [0, 0.05) is 19.1 Å². The van der Waals surface area contributed by atoms with Gasteiger partial charge in [-0.15, -0.1) is 0 Å². The number of hydrogen-bond acceptors (Lipinski definition) is 4. The van der Waals surface area contributed by atoms with Gasteiger partial charge in [-0.3, -0.25) is 9.36 Å². The SMILES string of the molecule is O=c1c2c(Cl)cc(Cl)c(O)c2ncn1CCNC1CC1. The molecule has 0 radical (unpaired) electrons. The third-order valence-electron chi connectivity index (χ3n) is 3.34. The molecule has 106 valence electrons. The third kappa shape index (κ3) is 2.49. The molecule has 1 aromatic heterocycles. The van der Waals surface area contributed by atoms with E-state index < -0.39 is 0 Å². The van der Waals surface area contributed by atoms with Gasteiger partial charge in [-0.2, -0.15) is 0 Å². The van der Waals surface area contributed by atoms with E-state index in [4.69, 9.17) is 23.2 Å². The number of benzene rings is 1. The van der Waals surface area contributed by atoms with Crippen molar-refractivity contribution >= 4 is 34.1 Å². The molecule has 1 fully saturated rings. The molecule has 3 rings (SSSR count). The average Bonchev–Trinajstić information content (AvgIpc) is 3.22. The quantitative estimate of drug-likeness (QED) is 0.907. The van der Waals surface area contributed by atoms with Gasteiger partial charge in [0.15, 0.2) is 5.75 Å². The highest BCUT2D eigenvalue weighted by molar-refractivity contribution is 6.39. The maximum atomic E-state index is 12.4. The van der Waals surface area contributed by atoms with Gasteiger partial charge in [0.1, 0.15) is 5.52 Å². The molecule has 0 atom stereocenters. The normalized spacial score (nSPS) is 14.9. The van der Waals surface area contributed by atoms with Crippen LogP contribution in [0.2, 0.25) is 10.0 Å². The Morgan fingerprint density at radius 2 is 2.15 bits per heavy atom. The monoisotopic (exact) mass is 313 g/mol. The van der Waals surface area contributed by atoms with Crippen LogP contribution < -0.4 is 10.9 Å². The molecule has 2 N–H and O–H groups in total. The van der Waals surface area contributed by atoms with Gasteiger partial charge in [-0.05, 0) is 18.9 Å². The molecular formula is C13H13Cl2N3O2. The van der Waals surface area contributed by atoms with Crippen molar-refractivity contribution in [1.82, 2.24) is 14.9 Å². The highest BCUT2D eigenvalue weighted by atomic mass is 35.5. The van der Waals surface area contributed by atoms with E-state index in [1.807, 2.05) is 0 Å². The third-order valence-corrected chi connectivity index (χ3v) is 3.93. The summed E-state index contributed by atoms with van der Waals surface area (Å²) in [5, 5.41) is 13.6. The van der Waals surface area contributed by atoms with Gasteiger partial charge in [0.25, 0.3) is 5.56 Å². The first-order valence-corrected chi connectivity index (χ1v) is 7.13. The minimum atomic E-state index is -0.274. The number of aromatic nitrogens is 2. The van der Waals surface area contributed by atoms with Crippen LogP contribution >= 0.6 is 23.2 Å². The Morgan fingerprint density at radius 1 is 1.40 bits per heavy atom. The van der Waals surface area contributed by atoms with E-state index in [9.17, 15) is 9.90 Å². The fraction of sp³-hybridized carbons (Fsp3) is 0.385. The molecule has 2 aromatic rings. The van der Waals surface area contributed by atoms with Gasteiger partial charge in [0.2, 0.25) is 0 Å². The smallest absolute Gasteiger partial charge is 0.262 e. The summed E-state index contributed by atoms with van der Waals surface area (Å²) >= 11 is 11.9. The van der Waals surface area contributed by atoms with Crippen LogP contribution in [0.4, 0.5) is 0 Å². The van der Waals surface area contributed by atoms with E-state index in [2.05, 4.69) is 10.3 Å². The van der Waals surface area contributed by atoms with E-state index in [1.165, 1.54) is 29.8 Å². The van der Waals surface area contributed by atoms with Crippen LogP contribution in [0.5, 0.6) is 5.75 Å². The Balaban J connectivity index is 1.99. The lowest BCUT2D eigenvalue weighted by Crippen LogP contribution is -2.28. The zero-order valence-electron chi connectivity index (χ0n) is 10.6. The number of phenolic OH excluding ortho intramolecular Hbond substituents is 1. The van der Waals surface area contributed by atoms with Crippen molar-refractivity contribution < 1.29 is 5.11 Å². The Hall–Kier alpha value is -1.30. The van der Waals surface area contributed by atoms with Crippen molar-refractivity contribution in [2.45, 2.75) is 25.4 Å². The van der Waals surface area contributed by atoms with Crippen molar-refractivity contribution in [3.8, 4) is 5.75 Å². The Morgan fingerprint density at radius 3 is 2.85 bits per heavy atom. The highest BCUT2D eigenvalue weighted by Gasteiger charge is 2.20. The number of nitrogens with zero attached hydrogens (tertiary/aromatic N) is 2.